The summed E-state index contributed by atoms with van der Waals surface area (Å²) in [5.41, 5.74) is 6.74. The molecule has 1 atom stereocenters. The number of amides is 1. The lowest BCUT2D eigenvalue weighted by Gasteiger charge is -2.31. The van der Waals surface area contributed by atoms with Crippen molar-refractivity contribution in [3.8, 4) is 0 Å². The Morgan fingerprint density at radius 2 is 1.90 bits per heavy atom. The molecule has 0 saturated heterocycles. The van der Waals surface area contributed by atoms with Crippen LogP contribution in [-0.4, -0.2) is 15.9 Å². The molecule has 21 heavy (non-hydrogen) atoms. The first kappa shape index (κ1) is 14.4. The zero-order chi connectivity index (χ0) is 15.0. The summed E-state index contributed by atoms with van der Waals surface area (Å²) in [5, 5.41) is 0.127. The predicted octanol–water partition coefficient (Wildman–Crippen LogP) is 3.15. The number of nitrogens with zero attached hydrogens (tertiary/aromatic N) is 1. The van der Waals surface area contributed by atoms with Gasteiger partial charge in [-0.3, -0.25) is 9.69 Å². The molecule has 5 heteroatoms. The van der Waals surface area contributed by atoms with E-state index in [0.29, 0.717) is 5.92 Å². The minimum absolute atomic E-state index is 0.0254. The summed E-state index contributed by atoms with van der Waals surface area (Å²) in [7, 11) is 0. The maximum atomic E-state index is 13.2. The maximum absolute atomic E-state index is 13.2. The lowest BCUT2D eigenvalue weighted by molar-refractivity contribution is -0.130. The van der Waals surface area contributed by atoms with E-state index in [1.54, 1.807) is 17.0 Å². The summed E-state index contributed by atoms with van der Waals surface area (Å²) in [6, 6.07) is 6.15. The number of nitrogens with two attached hydrogens (primary N) is 1. The van der Waals surface area contributed by atoms with Gasteiger partial charge in [-0.1, -0.05) is 25.0 Å². The zero-order valence-corrected chi connectivity index (χ0v) is 12.6. The fourth-order valence-corrected chi connectivity index (χ4v) is 2.90. The van der Waals surface area contributed by atoms with E-state index >= 15 is 0 Å². The van der Waals surface area contributed by atoms with E-state index in [9.17, 15) is 9.18 Å². The van der Waals surface area contributed by atoms with Crippen molar-refractivity contribution in [2.24, 2.45) is 17.6 Å². The summed E-state index contributed by atoms with van der Waals surface area (Å²) in [6.45, 7) is 0. The third-order valence-electron chi connectivity index (χ3n) is 4.22. The van der Waals surface area contributed by atoms with E-state index in [0.717, 1.165) is 24.8 Å². The minimum atomic E-state index is -0.278. The van der Waals surface area contributed by atoms with Crippen LogP contribution in [0.2, 0.25) is 0 Å². The number of rotatable bonds is 5. The fraction of sp³-hybridized carbons (Fsp3) is 0.500. The second-order valence-electron chi connectivity index (χ2n) is 6.07. The smallest absolute Gasteiger partial charge is 0.232 e. The third-order valence-corrected chi connectivity index (χ3v) is 4.42. The molecule has 3 nitrogen and oxygen atoms in total. The van der Waals surface area contributed by atoms with E-state index in [-0.39, 0.29) is 28.8 Å². The van der Waals surface area contributed by atoms with Crippen molar-refractivity contribution in [3.63, 3.8) is 0 Å². The van der Waals surface area contributed by atoms with Crippen LogP contribution in [0, 0.1) is 17.7 Å². The van der Waals surface area contributed by atoms with Crippen molar-refractivity contribution in [2.45, 2.75) is 38.1 Å². The van der Waals surface area contributed by atoms with E-state index in [2.05, 4.69) is 0 Å². The summed E-state index contributed by atoms with van der Waals surface area (Å²) < 4.78 is 13.2. The molecule has 2 saturated carbocycles. The lowest BCUT2D eigenvalue weighted by Crippen LogP contribution is -2.44. The molecule has 3 rings (SSSR count). The maximum Gasteiger partial charge on any atom is 0.232 e. The Bertz CT molecular complexity index is 552. The molecule has 0 bridgehead atoms. The first-order chi connectivity index (χ1) is 10.1. The van der Waals surface area contributed by atoms with Crippen LogP contribution in [0.4, 0.5) is 4.39 Å². The molecule has 1 aromatic carbocycles. The normalized spacial score (nSPS) is 19.1. The van der Waals surface area contributed by atoms with Crippen LogP contribution in [0.5, 0.6) is 0 Å². The molecule has 2 aliphatic carbocycles. The van der Waals surface area contributed by atoms with Gasteiger partial charge < -0.3 is 5.73 Å². The van der Waals surface area contributed by atoms with Crippen molar-refractivity contribution in [1.82, 2.24) is 4.90 Å². The molecular formula is C16H19FN2OS. The van der Waals surface area contributed by atoms with E-state index < -0.39 is 0 Å². The fourth-order valence-electron chi connectivity index (χ4n) is 2.69. The van der Waals surface area contributed by atoms with Crippen LogP contribution in [0.3, 0.4) is 0 Å². The molecule has 0 radical (unpaired) electrons. The molecule has 112 valence electrons. The van der Waals surface area contributed by atoms with Gasteiger partial charge in [0.25, 0.3) is 0 Å². The summed E-state index contributed by atoms with van der Waals surface area (Å²) in [4.78, 5) is 14.1. The highest BCUT2D eigenvalue weighted by Gasteiger charge is 2.39. The highest BCUT2D eigenvalue weighted by molar-refractivity contribution is 7.80. The van der Waals surface area contributed by atoms with Crippen LogP contribution in [0.15, 0.2) is 24.3 Å². The minimum Gasteiger partial charge on any atom is -0.376 e. The SMILES string of the molecule is NC(=S)N(C(=O)C1CC1)C(CC1CC1)c1ccc(F)cc1. The second kappa shape index (κ2) is 5.72. The lowest BCUT2D eigenvalue weighted by atomic mass is 9.99. The molecule has 2 N–H and O–H groups in total. The Hall–Kier alpha value is -1.49. The molecule has 0 spiro atoms. The first-order valence-corrected chi connectivity index (χ1v) is 7.85. The van der Waals surface area contributed by atoms with Gasteiger partial charge in [0.05, 0.1) is 6.04 Å². The van der Waals surface area contributed by atoms with Crippen molar-refractivity contribution in [1.29, 1.82) is 0 Å². The van der Waals surface area contributed by atoms with E-state index in [1.807, 2.05) is 0 Å². The Morgan fingerprint density at radius 3 is 2.38 bits per heavy atom. The number of halogens is 1. The molecule has 0 aromatic heterocycles. The quantitative estimate of drug-likeness (QED) is 0.850. The zero-order valence-electron chi connectivity index (χ0n) is 11.8. The molecule has 1 aromatic rings. The largest absolute Gasteiger partial charge is 0.376 e. The monoisotopic (exact) mass is 306 g/mol. The van der Waals surface area contributed by atoms with Gasteiger partial charge in [0.15, 0.2) is 5.11 Å². The predicted molar refractivity (Wildman–Crippen MR) is 82.8 cm³/mol. The molecular weight excluding hydrogens is 287 g/mol. The third kappa shape index (κ3) is 3.40. The van der Waals surface area contributed by atoms with Gasteiger partial charge in [0, 0.05) is 5.92 Å². The van der Waals surface area contributed by atoms with Crippen molar-refractivity contribution < 1.29 is 9.18 Å². The highest BCUT2D eigenvalue weighted by Crippen LogP contribution is 2.42. The first-order valence-electron chi connectivity index (χ1n) is 7.44. The molecule has 2 aliphatic rings. The van der Waals surface area contributed by atoms with Gasteiger partial charge in [-0.05, 0) is 55.1 Å². The van der Waals surface area contributed by atoms with Crippen LogP contribution in [0.25, 0.3) is 0 Å². The van der Waals surface area contributed by atoms with Crippen molar-refractivity contribution in [2.75, 3.05) is 0 Å². The van der Waals surface area contributed by atoms with Crippen LogP contribution >= 0.6 is 12.2 Å². The highest BCUT2D eigenvalue weighted by atomic mass is 32.1. The van der Waals surface area contributed by atoms with Gasteiger partial charge in [-0.15, -0.1) is 0 Å². The molecule has 1 amide bonds. The average molecular weight is 306 g/mol. The Morgan fingerprint density at radius 1 is 1.29 bits per heavy atom. The second-order valence-corrected chi connectivity index (χ2v) is 6.49. The van der Waals surface area contributed by atoms with Gasteiger partial charge in [0.1, 0.15) is 5.82 Å². The topological polar surface area (TPSA) is 46.3 Å². The van der Waals surface area contributed by atoms with Crippen LogP contribution < -0.4 is 5.73 Å². The van der Waals surface area contributed by atoms with Crippen LogP contribution in [0.1, 0.15) is 43.7 Å². The number of hydrogen-bond acceptors (Lipinski definition) is 2. The Labute approximate surface area is 129 Å². The molecule has 1 unspecified atom stereocenters. The molecule has 0 heterocycles. The van der Waals surface area contributed by atoms with Gasteiger partial charge in [0.2, 0.25) is 5.91 Å². The number of carbonyl (C=O) groups is 1. The molecule has 2 fully saturated rings. The van der Waals surface area contributed by atoms with Crippen LogP contribution in [-0.2, 0) is 4.79 Å². The number of hydrogen-bond donors (Lipinski definition) is 1. The average Bonchev–Trinajstić information content (AvgIpc) is 3.32. The summed E-state index contributed by atoms with van der Waals surface area (Å²) >= 11 is 5.12. The number of thiocarbonyl (C=S) groups is 1. The van der Waals surface area contributed by atoms with E-state index in [4.69, 9.17) is 18.0 Å². The summed E-state index contributed by atoms with van der Waals surface area (Å²) in [6.07, 6.45) is 5.04. The van der Waals surface area contributed by atoms with Crippen molar-refractivity contribution >= 4 is 23.2 Å². The van der Waals surface area contributed by atoms with Gasteiger partial charge in [-0.25, -0.2) is 4.39 Å². The number of carbonyl (C=O) groups excluding carboxylic acids is 1. The number of benzene rings is 1. The molecule has 0 aliphatic heterocycles. The van der Waals surface area contributed by atoms with E-state index in [1.165, 1.54) is 25.0 Å². The summed E-state index contributed by atoms with van der Waals surface area (Å²) in [5.74, 6) is 0.425. The Balaban J connectivity index is 1.89. The van der Waals surface area contributed by atoms with Crippen molar-refractivity contribution in [3.05, 3.63) is 35.6 Å². The van der Waals surface area contributed by atoms with Gasteiger partial charge >= 0.3 is 0 Å². The standard InChI is InChI=1S/C16H19FN2OS/c17-13-7-5-11(6-8-13)14(9-10-1-2-10)19(16(18)21)15(20)12-3-4-12/h5-8,10,12,14H,1-4,9H2,(H2,18,21). The Kier molecular flexibility index (Phi) is 3.93. The van der Waals surface area contributed by atoms with Gasteiger partial charge in [-0.2, -0.15) is 0 Å².